The fourth-order valence-corrected chi connectivity index (χ4v) is 2.72. The van der Waals surface area contributed by atoms with Crippen LogP contribution < -0.4 is 15.4 Å². The molecule has 2 rings (SSSR count). The zero-order valence-corrected chi connectivity index (χ0v) is 15.6. The zero-order chi connectivity index (χ0) is 18.4. The Morgan fingerprint density at radius 1 is 1.36 bits per heavy atom. The second-order valence-corrected chi connectivity index (χ2v) is 6.64. The third-order valence-electron chi connectivity index (χ3n) is 3.62. The lowest BCUT2D eigenvalue weighted by molar-refractivity contribution is -0.140. The van der Waals surface area contributed by atoms with Gasteiger partial charge >= 0.3 is 5.97 Å². The molecule has 0 saturated heterocycles. The lowest BCUT2D eigenvalue weighted by Gasteiger charge is -2.30. The average molecular weight is 360 g/mol. The van der Waals surface area contributed by atoms with Gasteiger partial charge in [-0.1, -0.05) is 38.6 Å². The smallest absolute Gasteiger partial charge is 0.338 e. The van der Waals surface area contributed by atoms with E-state index in [1.807, 2.05) is 45.0 Å². The van der Waals surface area contributed by atoms with Crippen molar-refractivity contribution < 1.29 is 14.3 Å². The van der Waals surface area contributed by atoms with E-state index >= 15 is 0 Å². The summed E-state index contributed by atoms with van der Waals surface area (Å²) in [7, 11) is 0. The Morgan fingerprint density at radius 2 is 2.04 bits per heavy atom. The van der Waals surface area contributed by atoms with Crippen LogP contribution in [0.25, 0.3) is 0 Å². The van der Waals surface area contributed by atoms with Crippen molar-refractivity contribution >= 4 is 23.3 Å². The minimum atomic E-state index is -0.359. The van der Waals surface area contributed by atoms with E-state index in [0.717, 1.165) is 11.3 Å². The number of nitrogens with one attached hydrogen (secondary N) is 2. The predicted octanol–water partition coefficient (Wildman–Crippen LogP) is 3.24. The first-order valence-corrected chi connectivity index (χ1v) is 8.62. The number of hydrogen-bond acceptors (Lipinski definition) is 4. The van der Waals surface area contributed by atoms with E-state index in [4.69, 9.17) is 21.7 Å². The minimum absolute atomic E-state index is 0.273. The summed E-state index contributed by atoms with van der Waals surface area (Å²) in [6.45, 7) is 10.3. The third-order valence-corrected chi connectivity index (χ3v) is 3.84. The van der Waals surface area contributed by atoms with Crippen molar-refractivity contribution in [2.45, 2.75) is 26.8 Å². The highest BCUT2D eigenvalue weighted by Crippen LogP contribution is 2.29. The molecule has 1 unspecified atom stereocenters. The van der Waals surface area contributed by atoms with Gasteiger partial charge in [-0.05, 0) is 42.8 Å². The summed E-state index contributed by atoms with van der Waals surface area (Å²) in [5, 5.41) is 6.63. The molecule has 6 heteroatoms. The minimum Gasteiger partial charge on any atom is -0.490 e. The molecule has 134 valence electrons. The van der Waals surface area contributed by atoms with Crippen molar-refractivity contribution in [3.63, 3.8) is 0 Å². The number of esters is 1. The number of allylic oxidation sites excluding steroid dienone is 1. The molecule has 0 fully saturated rings. The summed E-state index contributed by atoms with van der Waals surface area (Å²) in [4.78, 5) is 12.6. The van der Waals surface area contributed by atoms with Crippen LogP contribution in [0.5, 0.6) is 5.75 Å². The standard InChI is InChI=1S/C19H24N2O3S/c1-5-10-23-15-8-6-14(7-9-15)17-16(13(4)20-19(25)21-17)18(22)24-11-12(2)3/h5-9,12,17H,1,10-11H2,2-4H3,(H2,20,21,25). The molecule has 0 saturated carbocycles. The molecule has 1 aromatic carbocycles. The van der Waals surface area contributed by atoms with Gasteiger partial charge in [0.15, 0.2) is 5.11 Å². The van der Waals surface area contributed by atoms with Crippen LogP contribution in [0.3, 0.4) is 0 Å². The molecule has 1 aromatic rings. The molecule has 1 atom stereocenters. The van der Waals surface area contributed by atoms with Crippen LogP contribution in [0.2, 0.25) is 0 Å². The quantitative estimate of drug-likeness (QED) is 0.442. The van der Waals surface area contributed by atoms with Gasteiger partial charge in [-0.15, -0.1) is 0 Å². The monoisotopic (exact) mass is 360 g/mol. The Balaban J connectivity index is 2.25. The molecule has 2 N–H and O–H groups in total. The maximum absolute atomic E-state index is 12.6. The van der Waals surface area contributed by atoms with Crippen molar-refractivity contribution in [3.05, 3.63) is 53.8 Å². The Bertz CT molecular complexity index is 680. The number of rotatable bonds is 7. The van der Waals surface area contributed by atoms with E-state index in [9.17, 15) is 4.79 Å². The van der Waals surface area contributed by atoms with Crippen LogP contribution in [0, 0.1) is 5.92 Å². The predicted molar refractivity (Wildman–Crippen MR) is 102 cm³/mol. The Kier molecular flexibility index (Phi) is 6.58. The number of hydrogen-bond donors (Lipinski definition) is 2. The number of carbonyl (C=O) groups is 1. The van der Waals surface area contributed by atoms with Crippen molar-refractivity contribution in [1.29, 1.82) is 0 Å². The van der Waals surface area contributed by atoms with Gasteiger partial charge in [0.05, 0.1) is 18.2 Å². The summed E-state index contributed by atoms with van der Waals surface area (Å²) in [6.07, 6.45) is 1.69. The molecule has 1 aliphatic heterocycles. The Hall–Kier alpha value is -2.34. The van der Waals surface area contributed by atoms with Crippen LogP contribution in [0.15, 0.2) is 48.2 Å². The highest BCUT2D eigenvalue weighted by Gasteiger charge is 2.31. The molecule has 1 heterocycles. The first kappa shape index (κ1) is 19.0. The number of benzene rings is 1. The topological polar surface area (TPSA) is 59.6 Å². The van der Waals surface area contributed by atoms with Gasteiger partial charge in [-0.3, -0.25) is 0 Å². The van der Waals surface area contributed by atoms with Crippen LogP contribution >= 0.6 is 12.2 Å². The maximum atomic E-state index is 12.6. The maximum Gasteiger partial charge on any atom is 0.338 e. The number of carbonyl (C=O) groups excluding carboxylic acids is 1. The summed E-state index contributed by atoms with van der Waals surface area (Å²) in [5.74, 6) is 0.672. The second-order valence-electron chi connectivity index (χ2n) is 6.23. The second kappa shape index (κ2) is 8.67. The number of thiocarbonyl (C=S) groups is 1. The van der Waals surface area contributed by atoms with Crippen molar-refractivity contribution in [2.75, 3.05) is 13.2 Å². The van der Waals surface area contributed by atoms with E-state index < -0.39 is 0 Å². The summed E-state index contributed by atoms with van der Waals surface area (Å²) in [6, 6.07) is 7.18. The van der Waals surface area contributed by atoms with Gasteiger partial charge in [-0.2, -0.15) is 0 Å². The molecule has 0 amide bonds. The van der Waals surface area contributed by atoms with Crippen LogP contribution in [-0.4, -0.2) is 24.3 Å². The van der Waals surface area contributed by atoms with Crippen LogP contribution in [-0.2, 0) is 9.53 Å². The van der Waals surface area contributed by atoms with Gasteiger partial charge in [0.25, 0.3) is 0 Å². The molecular weight excluding hydrogens is 336 g/mol. The Labute approximate surface area is 154 Å². The largest absolute Gasteiger partial charge is 0.490 e. The van der Waals surface area contributed by atoms with E-state index in [0.29, 0.717) is 29.6 Å². The summed E-state index contributed by atoms with van der Waals surface area (Å²) >= 11 is 5.24. The average Bonchev–Trinajstić information content (AvgIpc) is 2.57. The zero-order valence-electron chi connectivity index (χ0n) is 14.8. The van der Waals surface area contributed by atoms with Gasteiger partial charge in [0.2, 0.25) is 0 Å². The van der Waals surface area contributed by atoms with E-state index in [1.165, 1.54) is 0 Å². The molecule has 0 aromatic heterocycles. The number of ether oxygens (including phenoxy) is 2. The van der Waals surface area contributed by atoms with Gasteiger partial charge in [-0.25, -0.2) is 4.79 Å². The molecule has 1 aliphatic rings. The highest BCUT2D eigenvalue weighted by molar-refractivity contribution is 7.80. The molecular formula is C19H24N2O3S. The Morgan fingerprint density at radius 3 is 2.64 bits per heavy atom. The fraction of sp³-hybridized carbons (Fsp3) is 0.368. The highest BCUT2D eigenvalue weighted by atomic mass is 32.1. The van der Waals surface area contributed by atoms with Crippen molar-refractivity contribution in [2.24, 2.45) is 5.92 Å². The molecule has 0 aliphatic carbocycles. The SMILES string of the molecule is C=CCOc1ccc(C2NC(=S)NC(C)=C2C(=O)OCC(C)C)cc1. The van der Waals surface area contributed by atoms with Crippen LogP contribution in [0.1, 0.15) is 32.4 Å². The third kappa shape index (κ3) is 5.06. The first-order valence-electron chi connectivity index (χ1n) is 8.21. The van der Waals surface area contributed by atoms with Gasteiger partial charge in [0, 0.05) is 5.70 Å². The molecule has 0 bridgehead atoms. The van der Waals surface area contributed by atoms with Crippen molar-refractivity contribution in [1.82, 2.24) is 10.6 Å². The lowest BCUT2D eigenvalue weighted by Crippen LogP contribution is -2.45. The van der Waals surface area contributed by atoms with Crippen LogP contribution in [0.4, 0.5) is 0 Å². The molecule has 5 nitrogen and oxygen atoms in total. The summed E-state index contributed by atoms with van der Waals surface area (Å²) < 4.78 is 10.9. The molecule has 25 heavy (non-hydrogen) atoms. The van der Waals surface area contributed by atoms with Gasteiger partial charge < -0.3 is 20.1 Å². The fourth-order valence-electron chi connectivity index (χ4n) is 2.45. The van der Waals surface area contributed by atoms with E-state index in [-0.39, 0.29) is 17.9 Å². The lowest BCUT2D eigenvalue weighted by atomic mass is 9.95. The van der Waals surface area contributed by atoms with E-state index in [1.54, 1.807) is 6.08 Å². The molecule has 0 spiro atoms. The first-order chi connectivity index (χ1) is 11.9. The molecule has 0 radical (unpaired) electrons. The normalized spacial score (nSPS) is 17.0. The van der Waals surface area contributed by atoms with Gasteiger partial charge in [0.1, 0.15) is 12.4 Å². The summed E-state index contributed by atoms with van der Waals surface area (Å²) in [5.41, 5.74) is 2.15. The van der Waals surface area contributed by atoms with E-state index in [2.05, 4.69) is 17.2 Å². The van der Waals surface area contributed by atoms with Crippen molar-refractivity contribution in [3.8, 4) is 5.75 Å².